The summed E-state index contributed by atoms with van der Waals surface area (Å²) in [7, 11) is 0. The summed E-state index contributed by atoms with van der Waals surface area (Å²) < 4.78 is 1.92. The van der Waals surface area contributed by atoms with E-state index in [2.05, 4.69) is 15.5 Å². The minimum Gasteiger partial charge on any atom is -0.350 e. The fourth-order valence-corrected chi connectivity index (χ4v) is 1.01. The second kappa shape index (κ2) is 4.40. The monoisotopic (exact) mass is 195 g/mol. The number of amides is 2. The van der Waals surface area contributed by atoms with E-state index in [1.807, 2.05) is 18.4 Å². The molecule has 6 nitrogen and oxygen atoms in total. The highest BCUT2D eigenvalue weighted by molar-refractivity contribution is 5.79. The number of nitrogens with zero attached hydrogens (tertiary/aromatic N) is 3. The van der Waals surface area contributed by atoms with Crippen LogP contribution < -0.4 is 11.2 Å². The SMILES string of the molecule is CC(C)n1cncc1C=NNC(N)=O. The second-order valence-corrected chi connectivity index (χ2v) is 3.05. The van der Waals surface area contributed by atoms with Crippen LogP contribution in [0.15, 0.2) is 17.6 Å². The molecule has 76 valence electrons. The molecule has 1 aromatic heterocycles. The topological polar surface area (TPSA) is 85.3 Å². The number of carbonyl (C=O) groups is 1. The summed E-state index contributed by atoms with van der Waals surface area (Å²) in [5.74, 6) is 0. The van der Waals surface area contributed by atoms with Crippen molar-refractivity contribution in [3.63, 3.8) is 0 Å². The predicted molar refractivity (Wildman–Crippen MR) is 52.9 cm³/mol. The fraction of sp³-hybridized carbons (Fsp3) is 0.375. The van der Waals surface area contributed by atoms with E-state index in [0.717, 1.165) is 5.69 Å². The molecule has 0 atom stereocenters. The normalized spacial score (nSPS) is 11.1. The van der Waals surface area contributed by atoms with Gasteiger partial charge in [-0.3, -0.25) is 0 Å². The third kappa shape index (κ3) is 2.58. The summed E-state index contributed by atoms with van der Waals surface area (Å²) in [5, 5.41) is 3.65. The van der Waals surface area contributed by atoms with Crippen molar-refractivity contribution < 1.29 is 4.79 Å². The number of imidazole rings is 1. The average Bonchev–Trinajstić information content (AvgIpc) is 2.51. The number of nitrogens with two attached hydrogens (primary N) is 1. The summed E-state index contributed by atoms with van der Waals surface area (Å²) in [6, 6.07) is -0.385. The van der Waals surface area contributed by atoms with Crippen LogP contribution in [0.1, 0.15) is 25.6 Å². The van der Waals surface area contributed by atoms with Crippen LogP contribution >= 0.6 is 0 Å². The largest absolute Gasteiger partial charge is 0.350 e. The standard InChI is InChI=1S/C8H13N5O/c1-6(2)13-5-10-3-7(13)4-11-12-8(9)14/h3-6H,1-2H3,(H3,9,12,14). The first-order chi connectivity index (χ1) is 6.61. The van der Waals surface area contributed by atoms with Gasteiger partial charge in [0.1, 0.15) is 0 Å². The molecule has 0 radical (unpaired) electrons. The third-order valence-corrected chi connectivity index (χ3v) is 1.62. The highest BCUT2D eigenvalue weighted by Gasteiger charge is 2.01. The number of nitrogens with one attached hydrogen (secondary N) is 1. The molecule has 0 bridgehead atoms. The molecule has 0 aliphatic carbocycles. The zero-order valence-electron chi connectivity index (χ0n) is 8.14. The molecule has 0 aliphatic rings. The minimum absolute atomic E-state index is 0.299. The molecule has 14 heavy (non-hydrogen) atoms. The number of hydrogen-bond donors (Lipinski definition) is 2. The lowest BCUT2D eigenvalue weighted by Gasteiger charge is -2.07. The fourth-order valence-electron chi connectivity index (χ4n) is 1.01. The van der Waals surface area contributed by atoms with E-state index in [1.54, 1.807) is 12.5 Å². The zero-order valence-corrected chi connectivity index (χ0v) is 8.14. The van der Waals surface area contributed by atoms with Gasteiger partial charge in [0.05, 0.1) is 24.4 Å². The van der Waals surface area contributed by atoms with Crippen molar-refractivity contribution in [2.24, 2.45) is 10.8 Å². The van der Waals surface area contributed by atoms with Gasteiger partial charge >= 0.3 is 6.03 Å². The van der Waals surface area contributed by atoms with Crippen LogP contribution in [0.2, 0.25) is 0 Å². The quantitative estimate of drug-likeness (QED) is 0.542. The Kier molecular flexibility index (Phi) is 3.22. The van der Waals surface area contributed by atoms with Crippen molar-refractivity contribution in [2.75, 3.05) is 0 Å². The third-order valence-electron chi connectivity index (χ3n) is 1.62. The first kappa shape index (κ1) is 10.2. The molecule has 3 N–H and O–H groups in total. The van der Waals surface area contributed by atoms with Crippen LogP contribution in [0.4, 0.5) is 4.79 Å². The van der Waals surface area contributed by atoms with Gasteiger partial charge in [-0.15, -0.1) is 0 Å². The predicted octanol–water partition coefficient (Wildman–Crippen LogP) is 0.466. The maximum Gasteiger partial charge on any atom is 0.332 e. The van der Waals surface area contributed by atoms with E-state index in [-0.39, 0.29) is 0 Å². The van der Waals surface area contributed by atoms with E-state index in [0.29, 0.717) is 6.04 Å². The van der Waals surface area contributed by atoms with Crippen LogP contribution in [-0.2, 0) is 0 Å². The number of rotatable bonds is 3. The van der Waals surface area contributed by atoms with Crippen LogP contribution in [0.5, 0.6) is 0 Å². The summed E-state index contributed by atoms with van der Waals surface area (Å²) in [4.78, 5) is 14.3. The molecule has 0 saturated carbocycles. The highest BCUT2D eigenvalue weighted by Crippen LogP contribution is 2.06. The van der Waals surface area contributed by atoms with Crippen molar-refractivity contribution in [1.29, 1.82) is 0 Å². The Morgan fingerprint density at radius 2 is 2.50 bits per heavy atom. The van der Waals surface area contributed by atoms with Crippen molar-refractivity contribution in [3.05, 3.63) is 18.2 Å². The molecule has 0 unspecified atom stereocenters. The lowest BCUT2D eigenvalue weighted by molar-refractivity contribution is 0.249. The van der Waals surface area contributed by atoms with E-state index in [1.165, 1.54) is 6.21 Å². The number of aromatic nitrogens is 2. The molecule has 0 aliphatic heterocycles. The van der Waals surface area contributed by atoms with Gasteiger partial charge in [0.25, 0.3) is 0 Å². The molecule has 0 fully saturated rings. The number of urea groups is 1. The summed E-state index contributed by atoms with van der Waals surface area (Å²) >= 11 is 0. The van der Waals surface area contributed by atoms with Gasteiger partial charge in [-0.1, -0.05) is 0 Å². The maximum atomic E-state index is 10.3. The summed E-state index contributed by atoms with van der Waals surface area (Å²) in [6.45, 7) is 4.06. The molecular formula is C8H13N5O. The second-order valence-electron chi connectivity index (χ2n) is 3.05. The molecule has 6 heteroatoms. The Hall–Kier alpha value is -1.85. The number of hydrogen-bond acceptors (Lipinski definition) is 3. The summed E-state index contributed by atoms with van der Waals surface area (Å²) in [5.41, 5.74) is 7.77. The van der Waals surface area contributed by atoms with Gasteiger partial charge in [-0.2, -0.15) is 5.10 Å². The Bertz CT molecular complexity index is 341. The Morgan fingerprint density at radius 3 is 3.07 bits per heavy atom. The number of hydrazone groups is 1. The molecule has 0 saturated heterocycles. The minimum atomic E-state index is -0.683. The van der Waals surface area contributed by atoms with Crippen LogP contribution in [0.25, 0.3) is 0 Å². The van der Waals surface area contributed by atoms with Crippen LogP contribution in [-0.4, -0.2) is 21.8 Å². The molecule has 1 aromatic rings. The molecule has 1 rings (SSSR count). The summed E-state index contributed by atoms with van der Waals surface area (Å²) in [6.07, 6.45) is 4.86. The van der Waals surface area contributed by atoms with E-state index < -0.39 is 6.03 Å². The van der Waals surface area contributed by atoms with E-state index in [4.69, 9.17) is 5.73 Å². The first-order valence-corrected chi connectivity index (χ1v) is 4.21. The molecular weight excluding hydrogens is 182 g/mol. The van der Waals surface area contributed by atoms with Gasteiger partial charge in [0, 0.05) is 6.04 Å². The lowest BCUT2D eigenvalue weighted by Crippen LogP contribution is -2.24. The van der Waals surface area contributed by atoms with Gasteiger partial charge in [0.2, 0.25) is 0 Å². The van der Waals surface area contributed by atoms with Crippen molar-refractivity contribution >= 4 is 12.2 Å². The first-order valence-electron chi connectivity index (χ1n) is 4.21. The molecule has 0 aromatic carbocycles. The maximum absolute atomic E-state index is 10.3. The van der Waals surface area contributed by atoms with Crippen LogP contribution in [0, 0.1) is 0 Å². The lowest BCUT2D eigenvalue weighted by atomic mass is 10.3. The van der Waals surface area contributed by atoms with Crippen LogP contribution in [0.3, 0.4) is 0 Å². The van der Waals surface area contributed by atoms with E-state index in [9.17, 15) is 4.79 Å². The van der Waals surface area contributed by atoms with Gasteiger partial charge in [-0.05, 0) is 13.8 Å². The Balaban J connectivity index is 2.71. The van der Waals surface area contributed by atoms with Crippen molar-refractivity contribution in [2.45, 2.75) is 19.9 Å². The number of carbonyl (C=O) groups excluding carboxylic acids is 1. The van der Waals surface area contributed by atoms with Crippen molar-refractivity contribution in [1.82, 2.24) is 15.0 Å². The number of primary amides is 1. The Morgan fingerprint density at radius 1 is 1.79 bits per heavy atom. The molecule has 1 heterocycles. The average molecular weight is 195 g/mol. The highest BCUT2D eigenvalue weighted by atomic mass is 16.2. The van der Waals surface area contributed by atoms with Crippen molar-refractivity contribution in [3.8, 4) is 0 Å². The zero-order chi connectivity index (χ0) is 10.6. The van der Waals surface area contributed by atoms with Gasteiger partial charge < -0.3 is 10.3 Å². The van der Waals surface area contributed by atoms with E-state index >= 15 is 0 Å². The molecule has 0 spiro atoms. The van der Waals surface area contributed by atoms with Gasteiger partial charge in [-0.25, -0.2) is 15.2 Å². The Labute approximate surface area is 81.8 Å². The molecule has 2 amide bonds. The van der Waals surface area contributed by atoms with Gasteiger partial charge in [0.15, 0.2) is 0 Å². The smallest absolute Gasteiger partial charge is 0.332 e.